The number of hydrogen-bond acceptors (Lipinski definition) is 6. The molecule has 244 valence electrons. The summed E-state index contributed by atoms with van der Waals surface area (Å²) in [4.78, 5) is 13.7. The Kier molecular flexibility index (Phi) is 7.08. The van der Waals surface area contributed by atoms with Crippen LogP contribution in [-0.2, 0) is 45.2 Å². The molecule has 3 aliphatic heterocycles. The van der Waals surface area contributed by atoms with Crippen molar-refractivity contribution < 1.29 is 30.2 Å². The number of nitrogens with zero attached hydrogens (tertiary/aromatic N) is 4. The average molecular weight is 835 g/mol. The van der Waals surface area contributed by atoms with E-state index in [4.69, 9.17) is 9.15 Å². The Hall–Kier alpha value is -4.71. The monoisotopic (exact) mass is 834 g/mol. The van der Waals surface area contributed by atoms with Gasteiger partial charge in [-0.1, -0.05) is 59.5 Å². The molecule has 3 aromatic heterocycles. The molecular formula is C41H31N4O2PtSi-3. The van der Waals surface area contributed by atoms with E-state index in [1.165, 1.54) is 41.1 Å². The summed E-state index contributed by atoms with van der Waals surface area (Å²) in [5.74, 6) is 1.17. The molecule has 10 rings (SSSR count). The first-order valence-corrected chi connectivity index (χ1v) is 19.3. The normalized spacial score (nSPS) is 15.5. The van der Waals surface area contributed by atoms with Crippen LogP contribution < -0.4 is 14.5 Å². The third kappa shape index (κ3) is 5.02. The Balaban J connectivity index is 0.00000325. The number of aromatic nitrogens is 2. The van der Waals surface area contributed by atoms with Crippen LogP contribution in [-0.4, -0.2) is 25.1 Å². The summed E-state index contributed by atoms with van der Waals surface area (Å²) in [7, 11) is 0.687. The van der Waals surface area contributed by atoms with E-state index in [-0.39, 0.29) is 21.1 Å². The van der Waals surface area contributed by atoms with Crippen LogP contribution in [0.25, 0.3) is 33.3 Å². The number of hydrogen-bond donors (Lipinski definition) is 0. The Morgan fingerprint density at radius 2 is 1.53 bits per heavy atom. The molecule has 6 nitrogen and oxygen atoms in total. The fraction of sp³-hybridized carbons (Fsp3) is 0.146. The van der Waals surface area contributed by atoms with Crippen molar-refractivity contribution >= 4 is 47.2 Å². The van der Waals surface area contributed by atoms with Crippen molar-refractivity contribution in [2.24, 2.45) is 0 Å². The number of aryl methyl sites for hydroxylation is 1. The molecule has 49 heavy (non-hydrogen) atoms. The van der Waals surface area contributed by atoms with Gasteiger partial charge in [0, 0.05) is 61.2 Å². The zero-order chi connectivity index (χ0) is 32.0. The standard InChI is InChI=1S/C41H31N4O2Si.Pt/c1-26-13-14-34-35-19-33(20-36(37-12-5-6-15-42-37)40(35)47-41(34)43-26)46-32-11-7-10-31(18-32)45-25-44(2)38-16-29-23-48(24-30(29)17-39(38)45)21-27-8-3-4-9-28(27)22-48;/h3-17,19,25H,21-24H2,1-2H3;/q-3;. The molecule has 1 spiro atoms. The number of furan rings is 1. The number of rotatable bonds is 4. The van der Waals surface area contributed by atoms with Gasteiger partial charge in [0.25, 0.3) is 0 Å². The van der Waals surface area contributed by atoms with E-state index in [0.29, 0.717) is 22.8 Å². The maximum atomic E-state index is 6.52. The van der Waals surface area contributed by atoms with E-state index in [1.54, 1.807) is 22.9 Å². The van der Waals surface area contributed by atoms with Crippen LogP contribution in [0, 0.1) is 25.7 Å². The van der Waals surface area contributed by atoms with Gasteiger partial charge in [0.1, 0.15) is 0 Å². The number of benzene rings is 4. The minimum Gasteiger partial charge on any atom is -0.504 e. The van der Waals surface area contributed by atoms with Crippen LogP contribution in [0.4, 0.5) is 17.1 Å². The first kappa shape index (κ1) is 30.4. The first-order chi connectivity index (χ1) is 23.5. The van der Waals surface area contributed by atoms with Crippen LogP contribution in [0.3, 0.4) is 0 Å². The summed E-state index contributed by atoms with van der Waals surface area (Å²) in [6.45, 7) is 4.11. The molecule has 0 saturated carbocycles. The van der Waals surface area contributed by atoms with Crippen molar-refractivity contribution in [3.8, 4) is 22.8 Å². The van der Waals surface area contributed by atoms with Gasteiger partial charge in [-0.25, -0.2) is 4.98 Å². The van der Waals surface area contributed by atoms with Gasteiger partial charge in [-0.15, -0.1) is 23.9 Å². The van der Waals surface area contributed by atoms with Crippen LogP contribution >= 0.6 is 0 Å². The SMILES string of the molecule is Cc1ccc2c(n1)oc1c(-c3ccccn3)[c-]c(Oc3[c-]c(N4[CH-]N(C)c5cc6c(cc54)C[Si]4(Cc5ccccc5C4)C6)ccc3)cc12.[Pt]. The smallest absolute Gasteiger partial charge is 0.216 e. The van der Waals surface area contributed by atoms with Gasteiger partial charge in [-0.05, 0) is 96.4 Å². The minimum atomic E-state index is -1.45. The number of fused-ring (bicyclic) bond motifs is 6. The van der Waals surface area contributed by atoms with Crippen molar-refractivity contribution in [3.05, 3.63) is 144 Å². The van der Waals surface area contributed by atoms with E-state index in [1.807, 2.05) is 55.5 Å². The van der Waals surface area contributed by atoms with Crippen LogP contribution in [0.1, 0.15) is 27.9 Å². The van der Waals surface area contributed by atoms with Crippen LogP contribution in [0.5, 0.6) is 11.5 Å². The van der Waals surface area contributed by atoms with Crippen molar-refractivity contribution in [2.75, 3.05) is 16.8 Å². The topological polar surface area (TPSA) is 54.6 Å². The molecule has 0 aliphatic carbocycles. The third-order valence-electron chi connectivity index (χ3n) is 10.2. The predicted molar refractivity (Wildman–Crippen MR) is 192 cm³/mol. The molecule has 0 radical (unpaired) electrons. The number of pyridine rings is 2. The van der Waals surface area contributed by atoms with Gasteiger partial charge in [0.05, 0.1) is 13.7 Å². The van der Waals surface area contributed by atoms with E-state index >= 15 is 0 Å². The first-order valence-electron chi connectivity index (χ1n) is 16.5. The molecule has 8 heteroatoms. The van der Waals surface area contributed by atoms with E-state index in [0.717, 1.165) is 33.4 Å². The van der Waals surface area contributed by atoms with Gasteiger partial charge in [-0.3, -0.25) is 0 Å². The average Bonchev–Trinajstić information content (AvgIpc) is 3.84. The molecule has 3 aliphatic rings. The van der Waals surface area contributed by atoms with Gasteiger partial charge in [0.15, 0.2) is 0 Å². The Morgan fingerprint density at radius 3 is 2.31 bits per heavy atom. The van der Waals surface area contributed by atoms with Crippen molar-refractivity contribution in [3.63, 3.8) is 0 Å². The molecule has 0 fully saturated rings. The van der Waals surface area contributed by atoms with Gasteiger partial charge >= 0.3 is 0 Å². The molecule has 0 atom stereocenters. The molecular weight excluding hydrogens is 804 g/mol. The summed E-state index contributed by atoms with van der Waals surface area (Å²) in [6, 6.07) is 44.0. The quantitative estimate of drug-likeness (QED) is 0.131. The van der Waals surface area contributed by atoms with Gasteiger partial charge in [0.2, 0.25) is 5.71 Å². The zero-order valence-electron chi connectivity index (χ0n) is 27.1. The summed E-state index contributed by atoms with van der Waals surface area (Å²) >= 11 is 0. The summed E-state index contributed by atoms with van der Waals surface area (Å²) in [6.07, 6.45) is 1.77. The van der Waals surface area contributed by atoms with Crippen LogP contribution in [0.15, 0.2) is 102 Å². The molecule has 6 heterocycles. The molecule has 4 aromatic carbocycles. The second-order valence-corrected chi connectivity index (χ2v) is 18.0. The predicted octanol–water partition coefficient (Wildman–Crippen LogP) is 8.95. The molecule has 0 unspecified atom stereocenters. The number of anilines is 3. The molecule has 0 bridgehead atoms. The van der Waals surface area contributed by atoms with Gasteiger partial charge < -0.3 is 23.9 Å². The summed E-state index contributed by atoms with van der Waals surface area (Å²) in [5, 5.41) is 1.83. The molecule has 0 saturated heterocycles. The zero-order valence-corrected chi connectivity index (χ0v) is 30.3. The fourth-order valence-corrected chi connectivity index (χ4v) is 13.4. The maximum Gasteiger partial charge on any atom is 0.216 e. The Bertz CT molecular complexity index is 2400. The summed E-state index contributed by atoms with van der Waals surface area (Å²) in [5.41, 5.74) is 13.3. The largest absolute Gasteiger partial charge is 0.504 e. The van der Waals surface area contributed by atoms with E-state index in [9.17, 15) is 0 Å². The summed E-state index contributed by atoms with van der Waals surface area (Å²) < 4.78 is 12.8. The Labute approximate surface area is 300 Å². The number of ether oxygens (including phenoxy) is 1. The van der Waals surface area contributed by atoms with Crippen LogP contribution in [0.2, 0.25) is 0 Å². The van der Waals surface area contributed by atoms with Crippen molar-refractivity contribution in [1.82, 2.24) is 9.97 Å². The molecule has 0 amide bonds. The second-order valence-electron chi connectivity index (χ2n) is 13.6. The fourth-order valence-electron chi connectivity index (χ4n) is 8.12. The molecule has 7 aromatic rings. The van der Waals surface area contributed by atoms with Gasteiger partial charge in [-0.2, -0.15) is 12.7 Å². The van der Waals surface area contributed by atoms with Crippen molar-refractivity contribution in [2.45, 2.75) is 31.1 Å². The van der Waals surface area contributed by atoms with E-state index in [2.05, 4.69) is 88.1 Å². The van der Waals surface area contributed by atoms with E-state index < -0.39 is 8.07 Å². The Morgan fingerprint density at radius 1 is 0.776 bits per heavy atom. The minimum absolute atomic E-state index is 0. The molecule has 0 N–H and O–H groups in total. The second kappa shape index (κ2) is 11.4. The third-order valence-corrected chi connectivity index (χ3v) is 14.8. The van der Waals surface area contributed by atoms with Crippen molar-refractivity contribution in [1.29, 1.82) is 0 Å². The maximum absolute atomic E-state index is 6.52.